The van der Waals surface area contributed by atoms with Gasteiger partial charge in [-0.25, -0.2) is 9.78 Å². The molecule has 0 spiro atoms. The zero-order valence-corrected chi connectivity index (χ0v) is 12.7. The highest BCUT2D eigenvalue weighted by molar-refractivity contribution is 5.89. The molecule has 2 aromatic rings. The summed E-state index contributed by atoms with van der Waals surface area (Å²) in [7, 11) is 0. The van der Waals surface area contributed by atoms with E-state index in [4.69, 9.17) is 0 Å². The van der Waals surface area contributed by atoms with Gasteiger partial charge in [0.1, 0.15) is 5.82 Å². The number of nitrogens with one attached hydrogen (secondary N) is 1. The van der Waals surface area contributed by atoms with E-state index in [1.54, 1.807) is 28.0 Å². The van der Waals surface area contributed by atoms with Crippen LogP contribution in [0, 0.1) is 6.92 Å². The predicted molar refractivity (Wildman–Crippen MR) is 81.9 cm³/mol. The molecule has 1 fully saturated rings. The van der Waals surface area contributed by atoms with Gasteiger partial charge in [0, 0.05) is 12.3 Å². The first-order chi connectivity index (χ1) is 10.5. The van der Waals surface area contributed by atoms with Crippen molar-refractivity contribution in [2.75, 3.05) is 18.4 Å². The lowest BCUT2D eigenvalue weighted by molar-refractivity contribution is -0.0755. The maximum absolute atomic E-state index is 12.2. The summed E-state index contributed by atoms with van der Waals surface area (Å²) in [6.45, 7) is 4.59. The molecule has 2 aromatic heterocycles. The number of carbonyl (C=O) groups is 1. The number of hydrogen-bond donors (Lipinski definition) is 2. The molecule has 1 aliphatic heterocycles. The second-order valence-electron chi connectivity index (χ2n) is 5.68. The number of amides is 2. The van der Waals surface area contributed by atoms with E-state index in [-0.39, 0.29) is 6.03 Å². The van der Waals surface area contributed by atoms with Gasteiger partial charge in [0.25, 0.3) is 0 Å². The number of aliphatic hydroxyl groups is 1. The molecule has 116 valence electrons. The van der Waals surface area contributed by atoms with E-state index in [0.29, 0.717) is 31.1 Å². The topological polar surface area (TPSA) is 83.3 Å². The Kier molecular flexibility index (Phi) is 3.58. The van der Waals surface area contributed by atoms with Crippen LogP contribution in [0.4, 0.5) is 10.6 Å². The molecule has 0 saturated carbocycles. The third-order valence-electron chi connectivity index (χ3n) is 3.91. The number of rotatable bonds is 3. The molecule has 2 amide bonds. The summed E-state index contributed by atoms with van der Waals surface area (Å²) in [5.41, 5.74) is 0.323. The molecule has 2 N–H and O–H groups in total. The van der Waals surface area contributed by atoms with Gasteiger partial charge in [-0.1, -0.05) is 6.92 Å². The van der Waals surface area contributed by atoms with Crippen molar-refractivity contribution in [3.05, 3.63) is 36.2 Å². The van der Waals surface area contributed by atoms with E-state index in [1.807, 2.05) is 26.0 Å². The first-order valence-electron chi connectivity index (χ1n) is 7.26. The first-order valence-corrected chi connectivity index (χ1v) is 7.26. The van der Waals surface area contributed by atoms with Gasteiger partial charge in [-0.3, -0.25) is 5.32 Å². The summed E-state index contributed by atoms with van der Waals surface area (Å²) >= 11 is 0. The van der Waals surface area contributed by atoms with E-state index >= 15 is 0 Å². The lowest BCUT2D eigenvalue weighted by atomic mass is 9.92. The lowest BCUT2D eigenvalue weighted by Gasteiger charge is -2.45. The van der Waals surface area contributed by atoms with Crippen LogP contribution >= 0.6 is 0 Å². The smallest absolute Gasteiger partial charge is 0.323 e. The zero-order valence-electron chi connectivity index (χ0n) is 12.7. The number of aryl methyl sites for hydroxylation is 1. The van der Waals surface area contributed by atoms with Crippen LogP contribution in [0.1, 0.15) is 18.9 Å². The van der Waals surface area contributed by atoms with E-state index in [0.717, 1.165) is 5.56 Å². The van der Waals surface area contributed by atoms with Crippen molar-refractivity contribution in [1.29, 1.82) is 0 Å². The molecule has 7 nitrogen and oxygen atoms in total. The molecule has 3 heterocycles. The third kappa shape index (κ3) is 2.67. The number of hydrogen-bond acceptors (Lipinski definition) is 4. The van der Waals surface area contributed by atoms with Gasteiger partial charge in [-0.05, 0) is 31.0 Å². The normalized spacial score (nSPS) is 16.2. The summed E-state index contributed by atoms with van der Waals surface area (Å²) < 4.78 is 1.58. The van der Waals surface area contributed by atoms with Gasteiger partial charge in [-0.2, -0.15) is 9.78 Å². The van der Waals surface area contributed by atoms with Gasteiger partial charge in [0.05, 0.1) is 24.9 Å². The SMILES string of the molecule is CCC1(O)CN(C(=O)Nc2ccnn2-c2cc(C)ccn2)C1. The highest BCUT2D eigenvalue weighted by atomic mass is 16.3. The number of likely N-dealkylation sites (tertiary alicyclic amines) is 1. The quantitative estimate of drug-likeness (QED) is 0.901. The molecule has 1 saturated heterocycles. The van der Waals surface area contributed by atoms with Crippen LogP contribution in [0.15, 0.2) is 30.6 Å². The molecule has 0 bridgehead atoms. The Labute approximate surface area is 128 Å². The minimum Gasteiger partial charge on any atom is -0.386 e. The Hall–Kier alpha value is -2.41. The van der Waals surface area contributed by atoms with E-state index in [2.05, 4.69) is 15.4 Å². The first kappa shape index (κ1) is 14.5. The van der Waals surface area contributed by atoms with Crippen LogP contribution in [0.25, 0.3) is 5.82 Å². The molecule has 0 aromatic carbocycles. The van der Waals surface area contributed by atoms with E-state index < -0.39 is 5.60 Å². The number of pyridine rings is 1. The zero-order chi connectivity index (χ0) is 15.7. The molecule has 7 heteroatoms. The standard InChI is InChI=1S/C15H19N5O2/c1-3-15(22)9-19(10-15)14(21)18-12-5-7-17-20(12)13-8-11(2)4-6-16-13/h4-8,22H,3,9-10H2,1-2H3,(H,18,21). The fraction of sp³-hybridized carbons (Fsp3) is 0.400. The molecule has 0 unspecified atom stereocenters. The van der Waals surface area contributed by atoms with Crippen molar-refractivity contribution < 1.29 is 9.90 Å². The second kappa shape index (κ2) is 5.42. The largest absolute Gasteiger partial charge is 0.386 e. The monoisotopic (exact) mass is 301 g/mol. The van der Waals surface area contributed by atoms with Crippen LogP contribution in [0.5, 0.6) is 0 Å². The van der Waals surface area contributed by atoms with Gasteiger partial charge >= 0.3 is 6.03 Å². The summed E-state index contributed by atoms with van der Waals surface area (Å²) in [5.74, 6) is 1.20. The fourth-order valence-corrected chi connectivity index (χ4v) is 2.44. The number of aromatic nitrogens is 3. The maximum Gasteiger partial charge on any atom is 0.323 e. The minimum absolute atomic E-state index is 0.243. The lowest BCUT2D eigenvalue weighted by Crippen LogP contribution is -2.64. The second-order valence-corrected chi connectivity index (χ2v) is 5.68. The van der Waals surface area contributed by atoms with Crippen molar-refractivity contribution >= 4 is 11.8 Å². The van der Waals surface area contributed by atoms with Crippen LogP contribution in [0.3, 0.4) is 0 Å². The molecule has 0 atom stereocenters. The summed E-state index contributed by atoms with van der Waals surface area (Å²) in [6.07, 6.45) is 3.95. The molecule has 0 radical (unpaired) electrons. The van der Waals surface area contributed by atoms with Crippen LogP contribution in [0.2, 0.25) is 0 Å². The summed E-state index contributed by atoms with van der Waals surface area (Å²) in [4.78, 5) is 18.0. The van der Waals surface area contributed by atoms with E-state index in [9.17, 15) is 9.90 Å². The number of urea groups is 1. The predicted octanol–water partition coefficient (Wildman–Crippen LogP) is 1.56. The maximum atomic E-state index is 12.2. The molecule has 3 rings (SSSR count). The van der Waals surface area contributed by atoms with Crippen molar-refractivity contribution in [3.8, 4) is 5.82 Å². The van der Waals surface area contributed by atoms with Crippen LogP contribution < -0.4 is 5.32 Å². The highest BCUT2D eigenvalue weighted by Gasteiger charge is 2.42. The number of anilines is 1. The van der Waals surface area contributed by atoms with Crippen molar-refractivity contribution in [1.82, 2.24) is 19.7 Å². The average Bonchev–Trinajstić information content (AvgIpc) is 2.92. The Morgan fingerprint density at radius 3 is 2.86 bits per heavy atom. The van der Waals surface area contributed by atoms with Crippen molar-refractivity contribution in [2.24, 2.45) is 0 Å². The van der Waals surface area contributed by atoms with Gasteiger partial charge in [0.2, 0.25) is 0 Å². The van der Waals surface area contributed by atoms with Crippen molar-refractivity contribution in [2.45, 2.75) is 25.9 Å². The fourth-order valence-electron chi connectivity index (χ4n) is 2.44. The van der Waals surface area contributed by atoms with Gasteiger partial charge in [-0.15, -0.1) is 0 Å². The Bertz CT molecular complexity index is 691. The summed E-state index contributed by atoms with van der Waals surface area (Å²) in [5, 5.41) is 17.0. The number of nitrogens with zero attached hydrogens (tertiary/aromatic N) is 4. The van der Waals surface area contributed by atoms with Crippen LogP contribution in [-0.2, 0) is 0 Å². The van der Waals surface area contributed by atoms with Gasteiger partial charge in [0.15, 0.2) is 5.82 Å². The molecule has 22 heavy (non-hydrogen) atoms. The van der Waals surface area contributed by atoms with Crippen molar-refractivity contribution in [3.63, 3.8) is 0 Å². The number of carbonyl (C=O) groups excluding carboxylic acids is 1. The molecular weight excluding hydrogens is 282 g/mol. The Morgan fingerprint density at radius 2 is 2.18 bits per heavy atom. The number of β-amino-alcohol motifs (C(OH)–C–C–N with tert-alkyl or cyclic N) is 1. The highest BCUT2D eigenvalue weighted by Crippen LogP contribution is 2.25. The Morgan fingerprint density at radius 1 is 1.41 bits per heavy atom. The molecule has 0 aliphatic carbocycles. The van der Waals surface area contributed by atoms with E-state index in [1.165, 1.54) is 0 Å². The Balaban J connectivity index is 1.72. The average molecular weight is 301 g/mol. The summed E-state index contributed by atoms with van der Waals surface area (Å²) in [6, 6.07) is 5.26. The van der Waals surface area contributed by atoms with Crippen LogP contribution in [-0.4, -0.2) is 49.5 Å². The van der Waals surface area contributed by atoms with Gasteiger partial charge < -0.3 is 10.0 Å². The third-order valence-corrected chi connectivity index (χ3v) is 3.91. The minimum atomic E-state index is -0.740. The molecular formula is C15H19N5O2. The molecule has 1 aliphatic rings.